The molecule has 0 bridgehead atoms. The van der Waals surface area contributed by atoms with Gasteiger partial charge in [-0.2, -0.15) is 10.4 Å². The molecule has 0 fully saturated rings. The molecule has 1 aromatic heterocycles. The van der Waals surface area contributed by atoms with Crippen LogP contribution in [0.5, 0.6) is 5.75 Å². The molecule has 4 nitrogen and oxygen atoms in total. The maximum atomic E-state index is 9.38. The van der Waals surface area contributed by atoms with E-state index < -0.39 is 0 Å². The number of allylic oxidation sites excluding steroid dienone is 1. The topological polar surface area (TPSA) is 50.8 Å². The van der Waals surface area contributed by atoms with Crippen molar-refractivity contribution in [3.63, 3.8) is 0 Å². The summed E-state index contributed by atoms with van der Waals surface area (Å²) in [4.78, 5) is 0. The van der Waals surface area contributed by atoms with Crippen LogP contribution in [0.25, 0.3) is 11.6 Å². The number of hydrogen-bond acceptors (Lipinski definition) is 3. The molecule has 0 aliphatic rings. The van der Waals surface area contributed by atoms with Crippen LogP contribution in [0, 0.1) is 25.2 Å². The maximum Gasteiger partial charge on any atom is 0.118 e. The third kappa shape index (κ3) is 2.57. The zero-order valence-electron chi connectivity index (χ0n) is 12.1. The molecule has 2 aromatic rings. The molecule has 0 atom stereocenters. The predicted molar refractivity (Wildman–Crippen MR) is 79.2 cm³/mol. The van der Waals surface area contributed by atoms with Gasteiger partial charge < -0.3 is 4.74 Å². The monoisotopic (exact) mass is 267 g/mol. The third-order valence-electron chi connectivity index (χ3n) is 3.38. The average molecular weight is 267 g/mol. The lowest BCUT2D eigenvalue weighted by Gasteiger charge is -2.03. The van der Waals surface area contributed by atoms with Crippen molar-refractivity contribution in [2.45, 2.75) is 13.8 Å². The molecule has 0 radical (unpaired) electrons. The third-order valence-corrected chi connectivity index (χ3v) is 3.38. The van der Waals surface area contributed by atoms with E-state index in [0.717, 1.165) is 28.3 Å². The number of nitrogens with zero attached hydrogens (tertiary/aromatic N) is 3. The van der Waals surface area contributed by atoms with Gasteiger partial charge in [0.25, 0.3) is 0 Å². The molecule has 0 saturated carbocycles. The molecule has 20 heavy (non-hydrogen) atoms. The Morgan fingerprint density at radius 1 is 1.30 bits per heavy atom. The fraction of sp³-hybridized carbons (Fsp3) is 0.250. The number of nitriles is 1. The molecular weight excluding hydrogens is 250 g/mol. The SMILES string of the molecule is COc1ccc(/C(C#N)=C/c2c(C)nn(C)c2C)cc1. The lowest BCUT2D eigenvalue weighted by molar-refractivity contribution is 0.415. The fourth-order valence-corrected chi connectivity index (χ4v) is 2.09. The first-order chi connectivity index (χ1) is 9.56. The molecule has 0 unspecified atom stereocenters. The van der Waals surface area contributed by atoms with Gasteiger partial charge in [0.05, 0.1) is 24.4 Å². The highest BCUT2D eigenvalue weighted by atomic mass is 16.5. The first-order valence-corrected chi connectivity index (χ1v) is 6.33. The van der Waals surface area contributed by atoms with Crippen LogP contribution in [0.3, 0.4) is 0 Å². The summed E-state index contributed by atoms with van der Waals surface area (Å²) in [6.45, 7) is 3.94. The van der Waals surface area contributed by atoms with Crippen LogP contribution >= 0.6 is 0 Å². The standard InChI is InChI=1S/C16H17N3O/c1-11-16(12(2)19(3)18-11)9-14(10-17)13-5-7-15(20-4)8-6-13/h5-9H,1-4H3/b14-9+. The maximum absolute atomic E-state index is 9.38. The minimum Gasteiger partial charge on any atom is -0.497 e. The normalized spacial score (nSPS) is 11.2. The molecule has 0 spiro atoms. The molecule has 0 aliphatic heterocycles. The van der Waals surface area contributed by atoms with Crippen LogP contribution < -0.4 is 4.74 Å². The van der Waals surface area contributed by atoms with Crippen LogP contribution in [0.2, 0.25) is 0 Å². The van der Waals surface area contributed by atoms with Crippen LogP contribution in [0.15, 0.2) is 24.3 Å². The van der Waals surface area contributed by atoms with E-state index in [0.29, 0.717) is 5.57 Å². The van der Waals surface area contributed by atoms with Crippen molar-refractivity contribution in [1.82, 2.24) is 9.78 Å². The molecule has 0 amide bonds. The van der Waals surface area contributed by atoms with Crippen LogP contribution in [-0.4, -0.2) is 16.9 Å². The van der Waals surface area contributed by atoms with Gasteiger partial charge in [0.15, 0.2) is 0 Å². The van der Waals surface area contributed by atoms with Crippen molar-refractivity contribution < 1.29 is 4.74 Å². The molecule has 0 N–H and O–H groups in total. The van der Waals surface area contributed by atoms with E-state index in [9.17, 15) is 5.26 Å². The highest BCUT2D eigenvalue weighted by Gasteiger charge is 2.09. The molecule has 102 valence electrons. The van der Waals surface area contributed by atoms with Gasteiger partial charge >= 0.3 is 0 Å². The molecule has 0 aliphatic carbocycles. The second-order valence-corrected chi connectivity index (χ2v) is 4.61. The van der Waals surface area contributed by atoms with Gasteiger partial charge in [-0.15, -0.1) is 0 Å². The van der Waals surface area contributed by atoms with E-state index in [1.807, 2.05) is 55.9 Å². The molecule has 1 heterocycles. The van der Waals surface area contributed by atoms with Gasteiger partial charge in [0, 0.05) is 18.3 Å². The Kier molecular flexibility index (Phi) is 3.90. The van der Waals surface area contributed by atoms with E-state index in [1.165, 1.54) is 0 Å². The minimum absolute atomic E-state index is 0.617. The van der Waals surface area contributed by atoms with E-state index in [1.54, 1.807) is 7.11 Å². The van der Waals surface area contributed by atoms with Crippen molar-refractivity contribution in [3.05, 3.63) is 46.8 Å². The Hall–Kier alpha value is -2.54. The summed E-state index contributed by atoms with van der Waals surface area (Å²) >= 11 is 0. The van der Waals surface area contributed by atoms with Gasteiger partial charge in [-0.05, 0) is 49.8 Å². The average Bonchev–Trinajstić information content (AvgIpc) is 2.70. The van der Waals surface area contributed by atoms with Gasteiger partial charge in [-0.3, -0.25) is 4.68 Å². The van der Waals surface area contributed by atoms with Crippen LogP contribution in [0.4, 0.5) is 0 Å². The Bertz CT molecular complexity index is 688. The quantitative estimate of drug-likeness (QED) is 0.803. The zero-order chi connectivity index (χ0) is 14.7. The number of rotatable bonds is 3. The Labute approximate surface area is 118 Å². The van der Waals surface area contributed by atoms with Crippen molar-refractivity contribution in [2.75, 3.05) is 7.11 Å². The first kappa shape index (κ1) is 13.9. The summed E-state index contributed by atoms with van der Waals surface area (Å²) < 4.78 is 6.95. The van der Waals surface area contributed by atoms with Gasteiger partial charge in [0.1, 0.15) is 5.75 Å². The number of aromatic nitrogens is 2. The van der Waals surface area contributed by atoms with Gasteiger partial charge in [-0.1, -0.05) is 0 Å². The van der Waals surface area contributed by atoms with Crippen LogP contribution in [-0.2, 0) is 7.05 Å². The van der Waals surface area contributed by atoms with Crippen molar-refractivity contribution in [1.29, 1.82) is 5.26 Å². The number of hydrogen-bond donors (Lipinski definition) is 0. The minimum atomic E-state index is 0.617. The second-order valence-electron chi connectivity index (χ2n) is 4.61. The highest BCUT2D eigenvalue weighted by Crippen LogP contribution is 2.23. The summed E-state index contributed by atoms with van der Waals surface area (Å²) in [5, 5.41) is 13.7. The predicted octanol–water partition coefficient (Wildman–Crippen LogP) is 3.11. The Morgan fingerprint density at radius 3 is 2.40 bits per heavy atom. The van der Waals surface area contributed by atoms with Crippen molar-refractivity contribution in [2.24, 2.45) is 7.05 Å². The molecule has 1 aromatic carbocycles. The molecule has 4 heteroatoms. The number of ether oxygens (including phenoxy) is 1. The zero-order valence-corrected chi connectivity index (χ0v) is 12.1. The van der Waals surface area contributed by atoms with E-state index in [-0.39, 0.29) is 0 Å². The second kappa shape index (κ2) is 5.62. The van der Waals surface area contributed by atoms with Gasteiger partial charge in [0.2, 0.25) is 0 Å². The largest absolute Gasteiger partial charge is 0.497 e. The van der Waals surface area contributed by atoms with E-state index in [2.05, 4.69) is 11.2 Å². The highest BCUT2D eigenvalue weighted by molar-refractivity contribution is 5.90. The van der Waals surface area contributed by atoms with E-state index >= 15 is 0 Å². The summed E-state index contributed by atoms with van der Waals surface area (Å²) in [6, 6.07) is 9.72. The lowest BCUT2D eigenvalue weighted by Crippen LogP contribution is -1.92. The fourth-order valence-electron chi connectivity index (χ4n) is 2.09. The summed E-state index contributed by atoms with van der Waals surface area (Å²) in [5.74, 6) is 0.778. The Morgan fingerprint density at radius 2 is 1.95 bits per heavy atom. The Balaban J connectivity index is 2.46. The van der Waals surface area contributed by atoms with Gasteiger partial charge in [-0.25, -0.2) is 0 Å². The van der Waals surface area contributed by atoms with E-state index in [4.69, 9.17) is 4.74 Å². The molecule has 2 rings (SSSR count). The molecule has 0 saturated heterocycles. The van der Waals surface area contributed by atoms with Crippen LogP contribution in [0.1, 0.15) is 22.5 Å². The number of methoxy groups -OCH3 is 1. The number of benzene rings is 1. The lowest BCUT2D eigenvalue weighted by atomic mass is 10.0. The molecular formula is C16H17N3O. The van der Waals surface area contributed by atoms with Crippen molar-refractivity contribution >= 4 is 11.6 Å². The smallest absolute Gasteiger partial charge is 0.118 e. The first-order valence-electron chi connectivity index (χ1n) is 6.33. The summed E-state index contributed by atoms with van der Waals surface area (Å²) in [7, 11) is 3.53. The number of aryl methyl sites for hydroxylation is 2. The summed E-state index contributed by atoms with van der Waals surface area (Å²) in [5.41, 5.74) is 4.46. The van der Waals surface area contributed by atoms with Crippen molar-refractivity contribution in [3.8, 4) is 11.8 Å². The summed E-state index contributed by atoms with van der Waals surface area (Å²) in [6.07, 6.45) is 1.89.